The van der Waals surface area contributed by atoms with Gasteiger partial charge in [-0.15, -0.1) is 0 Å². The van der Waals surface area contributed by atoms with Gasteiger partial charge in [-0.05, 0) is 49.4 Å². The van der Waals surface area contributed by atoms with E-state index in [1.807, 2.05) is 0 Å². The van der Waals surface area contributed by atoms with Gasteiger partial charge in [0.25, 0.3) is 0 Å². The number of unbranched alkanes of at least 4 members (excludes halogenated alkanes) is 39. The Labute approximate surface area is 581 Å². The number of rotatable bonds is 73. The summed E-state index contributed by atoms with van der Waals surface area (Å²) in [5.41, 5.74) is 0. The Balaban J connectivity index is 5.21. The second kappa shape index (κ2) is 65.4. The minimum absolute atomic E-state index is 0.105. The van der Waals surface area contributed by atoms with Crippen molar-refractivity contribution in [3.05, 3.63) is 0 Å². The first kappa shape index (κ1) is 93.1. The van der Waals surface area contributed by atoms with Crippen molar-refractivity contribution < 1.29 is 80.2 Å². The molecule has 0 aromatic rings. The molecule has 0 rings (SSSR count). The van der Waals surface area contributed by atoms with Crippen LogP contribution in [0.4, 0.5) is 0 Å². The molecular formula is C76H148O17P2. The van der Waals surface area contributed by atoms with Gasteiger partial charge in [0.1, 0.15) is 19.3 Å². The molecule has 0 aliphatic rings. The topological polar surface area (TPSA) is 237 Å². The molecule has 0 aliphatic heterocycles. The molecule has 0 heterocycles. The highest BCUT2D eigenvalue weighted by atomic mass is 31.2. The minimum Gasteiger partial charge on any atom is -0.462 e. The Kier molecular flexibility index (Phi) is 64.0. The van der Waals surface area contributed by atoms with Crippen molar-refractivity contribution in [1.82, 2.24) is 0 Å². The molecule has 5 atom stereocenters. The van der Waals surface area contributed by atoms with Crippen molar-refractivity contribution in [3.63, 3.8) is 0 Å². The Morgan fingerprint density at radius 2 is 0.442 bits per heavy atom. The van der Waals surface area contributed by atoms with Gasteiger partial charge in [0.15, 0.2) is 12.2 Å². The van der Waals surface area contributed by atoms with Crippen LogP contribution >= 0.6 is 15.6 Å². The van der Waals surface area contributed by atoms with Gasteiger partial charge < -0.3 is 33.8 Å². The zero-order valence-electron chi connectivity index (χ0n) is 62.3. The van der Waals surface area contributed by atoms with E-state index in [9.17, 15) is 43.2 Å². The molecule has 564 valence electrons. The Morgan fingerprint density at radius 3 is 0.653 bits per heavy atom. The van der Waals surface area contributed by atoms with Gasteiger partial charge in [-0.1, -0.05) is 331 Å². The first-order valence-corrected chi connectivity index (χ1v) is 42.2. The number of ether oxygens (including phenoxy) is 4. The summed E-state index contributed by atoms with van der Waals surface area (Å²) in [6.45, 7) is 14.1. The Bertz CT molecular complexity index is 1870. The van der Waals surface area contributed by atoms with Crippen molar-refractivity contribution in [3.8, 4) is 0 Å². The molecule has 3 unspecified atom stereocenters. The number of phosphoric acid groups is 2. The molecule has 3 N–H and O–H groups in total. The summed E-state index contributed by atoms with van der Waals surface area (Å²) in [6, 6.07) is 0. The van der Waals surface area contributed by atoms with Gasteiger partial charge in [0.2, 0.25) is 0 Å². The zero-order chi connectivity index (χ0) is 70.3. The van der Waals surface area contributed by atoms with Gasteiger partial charge in [0.05, 0.1) is 26.4 Å². The maximum Gasteiger partial charge on any atom is 0.472 e. The van der Waals surface area contributed by atoms with E-state index in [1.54, 1.807) is 0 Å². The third-order valence-corrected chi connectivity index (χ3v) is 19.5. The largest absolute Gasteiger partial charge is 0.472 e. The molecule has 0 radical (unpaired) electrons. The number of carbonyl (C=O) groups is 4. The number of carbonyl (C=O) groups excluding carboxylic acids is 4. The fourth-order valence-corrected chi connectivity index (χ4v) is 13.1. The molecule has 0 aromatic carbocycles. The lowest BCUT2D eigenvalue weighted by Crippen LogP contribution is -2.30. The van der Waals surface area contributed by atoms with Gasteiger partial charge in [-0.2, -0.15) is 0 Å². The summed E-state index contributed by atoms with van der Waals surface area (Å²) in [4.78, 5) is 72.8. The SMILES string of the molecule is CC(C)CCCCCCCCCCCCCCCCCCC(=O)O[C@H](COC(=O)CCCCCCCCC(C)C)COP(=O)(O)OCC(O)COP(=O)(O)OC[C@@H](COC(=O)CCCCCCCCCCCCCC(C)C)OC(=O)CCCCCCCCCCCCC(C)C. The molecule has 0 amide bonds. The molecule has 0 fully saturated rings. The molecule has 0 aromatic heterocycles. The van der Waals surface area contributed by atoms with Crippen LogP contribution in [0.15, 0.2) is 0 Å². The van der Waals surface area contributed by atoms with E-state index >= 15 is 0 Å². The third-order valence-electron chi connectivity index (χ3n) is 17.6. The number of aliphatic hydroxyl groups excluding tert-OH is 1. The first-order valence-electron chi connectivity index (χ1n) is 39.2. The van der Waals surface area contributed by atoms with Crippen LogP contribution in [0.5, 0.6) is 0 Å². The van der Waals surface area contributed by atoms with E-state index in [4.69, 9.17) is 37.0 Å². The summed E-state index contributed by atoms with van der Waals surface area (Å²) in [6.07, 6.45) is 50.1. The van der Waals surface area contributed by atoms with E-state index in [0.717, 1.165) is 114 Å². The second-order valence-electron chi connectivity index (χ2n) is 29.3. The summed E-state index contributed by atoms with van der Waals surface area (Å²) in [5, 5.41) is 10.6. The fraction of sp³-hybridized carbons (Fsp3) is 0.947. The second-order valence-corrected chi connectivity index (χ2v) is 32.2. The number of phosphoric ester groups is 2. The van der Waals surface area contributed by atoms with Gasteiger partial charge in [-0.3, -0.25) is 37.3 Å². The first-order chi connectivity index (χ1) is 45.6. The average Bonchev–Trinajstić information content (AvgIpc) is 1.70. The highest BCUT2D eigenvalue weighted by Gasteiger charge is 2.30. The number of esters is 4. The van der Waals surface area contributed by atoms with Crippen molar-refractivity contribution in [1.29, 1.82) is 0 Å². The minimum atomic E-state index is -4.96. The maximum absolute atomic E-state index is 13.1. The van der Waals surface area contributed by atoms with Crippen molar-refractivity contribution >= 4 is 39.5 Å². The summed E-state index contributed by atoms with van der Waals surface area (Å²) < 4.78 is 68.5. The van der Waals surface area contributed by atoms with Crippen molar-refractivity contribution in [2.75, 3.05) is 39.6 Å². The van der Waals surface area contributed by atoms with Crippen molar-refractivity contribution in [2.45, 2.75) is 401 Å². The molecule has 0 aliphatic carbocycles. The Morgan fingerprint density at radius 1 is 0.263 bits per heavy atom. The Hall–Kier alpha value is -1.94. The van der Waals surface area contributed by atoms with E-state index in [2.05, 4.69) is 55.4 Å². The number of aliphatic hydroxyl groups is 1. The van der Waals surface area contributed by atoms with Crippen LogP contribution in [-0.4, -0.2) is 96.7 Å². The van der Waals surface area contributed by atoms with Crippen LogP contribution in [-0.2, 0) is 65.4 Å². The molecule has 0 spiro atoms. The van der Waals surface area contributed by atoms with Crippen LogP contribution in [0, 0.1) is 23.7 Å². The predicted molar refractivity (Wildman–Crippen MR) is 386 cm³/mol. The predicted octanol–water partition coefficient (Wildman–Crippen LogP) is 22.0. The third kappa shape index (κ3) is 70.3. The van der Waals surface area contributed by atoms with Crippen LogP contribution in [0.3, 0.4) is 0 Å². The molecule has 0 saturated carbocycles. The highest BCUT2D eigenvalue weighted by molar-refractivity contribution is 7.47. The lowest BCUT2D eigenvalue weighted by molar-refractivity contribution is -0.161. The lowest BCUT2D eigenvalue weighted by atomic mass is 10.0. The van der Waals surface area contributed by atoms with E-state index < -0.39 is 97.5 Å². The van der Waals surface area contributed by atoms with Crippen LogP contribution in [0.25, 0.3) is 0 Å². The molecule has 0 saturated heterocycles. The van der Waals surface area contributed by atoms with Crippen LogP contribution < -0.4 is 0 Å². The van der Waals surface area contributed by atoms with E-state index in [-0.39, 0.29) is 25.7 Å². The summed E-state index contributed by atoms with van der Waals surface area (Å²) in [7, 11) is -9.91. The van der Waals surface area contributed by atoms with Gasteiger partial charge in [0, 0.05) is 25.7 Å². The fourth-order valence-electron chi connectivity index (χ4n) is 11.6. The molecule has 95 heavy (non-hydrogen) atoms. The van der Waals surface area contributed by atoms with Gasteiger partial charge in [-0.25, -0.2) is 9.13 Å². The van der Waals surface area contributed by atoms with Crippen molar-refractivity contribution in [2.24, 2.45) is 23.7 Å². The summed E-state index contributed by atoms with van der Waals surface area (Å²) in [5.74, 6) is 0.889. The lowest BCUT2D eigenvalue weighted by Gasteiger charge is -2.21. The standard InChI is InChI=1S/C76H148O17P2/c1-66(2)52-44-36-28-22-16-13-11-9-10-12-14-18-26-32-42-50-58-75(80)93-72(63-87-74(79)57-49-41-35-34-39-47-55-69(7)8)65-91-95(84,85)89-61-70(77)60-88-94(82,83)90-64-71(92-76(81)59-51-43-33-27-21-20-24-30-38-46-54-68(5)6)62-86-73(78)56-48-40-31-25-19-15-17-23-29-37-45-53-67(3)4/h66-72,77H,9-65H2,1-8H3,(H,82,83)(H,84,85)/t70?,71-,72-/m1/s1. The van der Waals surface area contributed by atoms with Crippen LogP contribution in [0.1, 0.15) is 383 Å². The molecule has 17 nitrogen and oxygen atoms in total. The monoisotopic (exact) mass is 1400 g/mol. The zero-order valence-corrected chi connectivity index (χ0v) is 64.1. The number of hydrogen-bond acceptors (Lipinski definition) is 15. The molecule has 0 bridgehead atoms. The van der Waals surface area contributed by atoms with Crippen LogP contribution in [0.2, 0.25) is 0 Å². The highest BCUT2D eigenvalue weighted by Crippen LogP contribution is 2.45. The van der Waals surface area contributed by atoms with Gasteiger partial charge >= 0.3 is 39.5 Å². The quantitative estimate of drug-likeness (QED) is 0.0222. The maximum atomic E-state index is 13.1. The smallest absolute Gasteiger partial charge is 0.462 e. The average molecular weight is 1400 g/mol. The molecule has 19 heteroatoms. The molecular weight excluding hydrogens is 1250 g/mol. The van der Waals surface area contributed by atoms with E-state index in [1.165, 1.54) is 180 Å². The summed E-state index contributed by atoms with van der Waals surface area (Å²) >= 11 is 0. The number of hydrogen-bond donors (Lipinski definition) is 3. The normalized spacial score (nSPS) is 14.1. The van der Waals surface area contributed by atoms with E-state index in [0.29, 0.717) is 31.6 Å².